The van der Waals surface area contributed by atoms with E-state index in [-0.39, 0.29) is 22.7 Å². The van der Waals surface area contributed by atoms with E-state index in [4.69, 9.17) is 9.47 Å². The smallest absolute Gasteiger partial charge is 0.408 e. The number of pyridine rings is 1. The number of amides is 1. The Hall–Kier alpha value is -2.34. The third-order valence-electron chi connectivity index (χ3n) is 6.48. The number of aryl methyl sites for hydroxylation is 2. The number of fused-ring (bicyclic) bond motifs is 4. The van der Waals surface area contributed by atoms with Gasteiger partial charge >= 0.3 is 6.09 Å². The van der Waals surface area contributed by atoms with Gasteiger partial charge < -0.3 is 19.4 Å². The largest absolute Gasteiger partial charge is 0.444 e. The van der Waals surface area contributed by atoms with Gasteiger partial charge in [-0.05, 0) is 77.5 Å². The zero-order valence-corrected chi connectivity index (χ0v) is 18.4. The van der Waals surface area contributed by atoms with Crippen LogP contribution < -0.4 is 10.7 Å². The van der Waals surface area contributed by atoms with Gasteiger partial charge in [-0.1, -0.05) is 6.07 Å². The number of benzene rings is 1. The molecule has 0 unspecified atom stereocenters. The van der Waals surface area contributed by atoms with Gasteiger partial charge in [0.05, 0.1) is 23.3 Å². The molecule has 2 aliphatic heterocycles. The predicted molar refractivity (Wildman–Crippen MR) is 117 cm³/mol. The lowest BCUT2D eigenvalue weighted by atomic mass is 9.70. The number of alkyl carbamates (subject to hydrolysis) is 1. The van der Waals surface area contributed by atoms with Gasteiger partial charge in [0.15, 0.2) is 5.43 Å². The molecule has 5 rings (SSSR count). The average molecular weight is 413 g/mol. The van der Waals surface area contributed by atoms with Gasteiger partial charge in [0.1, 0.15) is 5.60 Å². The summed E-state index contributed by atoms with van der Waals surface area (Å²) in [6, 6.07) is 7.62. The fourth-order valence-corrected chi connectivity index (χ4v) is 4.70. The van der Waals surface area contributed by atoms with Crippen LogP contribution in [0.1, 0.15) is 58.4 Å². The first-order valence-corrected chi connectivity index (χ1v) is 10.8. The summed E-state index contributed by atoms with van der Waals surface area (Å²) in [5.41, 5.74) is 1.20. The average Bonchev–Trinajstić information content (AvgIpc) is 2.67. The first-order valence-electron chi connectivity index (χ1n) is 10.8. The number of hydrogen-bond acceptors (Lipinski definition) is 4. The molecule has 3 heterocycles. The number of ether oxygens (including phenoxy) is 2. The third kappa shape index (κ3) is 4.24. The summed E-state index contributed by atoms with van der Waals surface area (Å²) >= 11 is 0. The molecule has 6 heteroatoms. The topological polar surface area (TPSA) is 69.6 Å². The maximum Gasteiger partial charge on any atom is 0.408 e. The van der Waals surface area contributed by atoms with Crippen molar-refractivity contribution in [2.24, 2.45) is 0 Å². The molecular weight excluding hydrogens is 380 g/mol. The highest BCUT2D eigenvalue weighted by Crippen LogP contribution is 2.45. The molecule has 1 aromatic carbocycles. The van der Waals surface area contributed by atoms with Crippen molar-refractivity contribution in [3.05, 3.63) is 46.2 Å². The lowest BCUT2D eigenvalue weighted by Crippen LogP contribution is -2.63. The predicted octanol–water partition coefficient (Wildman–Crippen LogP) is 4.31. The van der Waals surface area contributed by atoms with E-state index in [1.165, 1.54) is 0 Å². The molecule has 0 radical (unpaired) electrons. The van der Waals surface area contributed by atoms with Gasteiger partial charge in [0, 0.05) is 24.2 Å². The minimum absolute atomic E-state index is 0.0593. The fourth-order valence-electron chi connectivity index (χ4n) is 4.70. The van der Waals surface area contributed by atoms with Gasteiger partial charge in [-0.15, -0.1) is 0 Å². The van der Waals surface area contributed by atoms with Crippen molar-refractivity contribution in [1.82, 2.24) is 9.88 Å². The molecule has 1 aromatic heterocycles. The molecule has 1 amide bonds. The number of aromatic nitrogens is 1. The molecule has 2 bridgehead atoms. The van der Waals surface area contributed by atoms with Crippen molar-refractivity contribution >= 4 is 17.0 Å². The van der Waals surface area contributed by atoms with E-state index in [1.54, 1.807) is 6.07 Å². The maximum absolute atomic E-state index is 12.3. The normalized spacial score (nSPS) is 26.0. The molecule has 0 spiro atoms. The summed E-state index contributed by atoms with van der Waals surface area (Å²) in [4.78, 5) is 24.5. The third-order valence-corrected chi connectivity index (χ3v) is 6.48. The molecule has 1 N–H and O–H groups in total. The van der Waals surface area contributed by atoms with E-state index in [0.717, 1.165) is 55.1 Å². The van der Waals surface area contributed by atoms with Crippen molar-refractivity contribution in [3.8, 4) is 0 Å². The van der Waals surface area contributed by atoms with E-state index < -0.39 is 5.60 Å². The maximum atomic E-state index is 12.3. The minimum Gasteiger partial charge on any atom is -0.444 e. The monoisotopic (exact) mass is 412 g/mol. The zero-order chi connectivity index (χ0) is 21.6. The standard InChI is InChI=1S/C24H32N2O4/c1-17-5-6-18-19(15-17)26(13-7-20(18)27)14-12-24-10-8-23(9-11-24,16-29-24)25-21(28)30-22(2,3)4/h5-7,13,15H,8-12,14,16H2,1-4H3,(H,25,28). The Kier molecular flexibility index (Phi) is 5.17. The van der Waals surface area contributed by atoms with Crippen molar-refractivity contribution in [3.63, 3.8) is 0 Å². The number of nitrogens with one attached hydrogen (secondary N) is 1. The number of carbonyl (C=O) groups is 1. The summed E-state index contributed by atoms with van der Waals surface area (Å²) in [6.07, 6.45) is 6.05. The molecule has 1 saturated carbocycles. The van der Waals surface area contributed by atoms with Crippen LogP contribution in [0.25, 0.3) is 10.9 Å². The summed E-state index contributed by atoms with van der Waals surface area (Å²) in [5, 5.41) is 3.84. The van der Waals surface area contributed by atoms with Crippen molar-refractivity contribution in [2.75, 3.05) is 6.61 Å². The summed E-state index contributed by atoms with van der Waals surface area (Å²) in [5.74, 6) is 0. The second-order valence-electron chi connectivity index (χ2n) is 10.0. The van der Waals surface area contributed by atoms with Gasteiger partial charge in [0.25, 0.3) is 0 Å². The quantitative estimate of drug-likeness (QED) is 0.813. The Balaban J connectivity index is 1.42. The second-order valence-corrected chi connectivity index (χ2v) is 10.0. The molecule has 3 fully saturated rings. The Bertz CT molecular complexity index is 993. The Morgan fingerprint density at radius 3 is 2.57 bits per heavy atom. The van der Waals surface area contributed by atoms with Gasteiger partial charge in [-0.2, -0.15) is 0 Å². The summed E-state index contributed by atoms with van der Waals surface area (Å²) in [7, 11) is 0. The van der Waals surface area contributed by atoms with Crippen LogP contribution in [-0.4, -0.2) is 34.0 Å². The molecule has 162 valence electrons. The molecule has 2 aromatic rings. The molecule has 0 atom stereocenters. The van der Waals surface area contributed by atoms with Crippen molar-refractivity contribution in [1.29, 1.82) is 0 Å². The highest BCUT2D eigenvalue weighted by molar-refractivity contribution is 5.79. The van der Waals surface area contributed by atoms with Crippen LogP contribution in [0.4, 0.5) is 4.79 Å². The Morgan fingerprint density at radius 1 is 1.20 bits per heavy atom. The summed E-state index contributed by atoms with van der Waals surface area (Å²) in [6.45, 7) is 8.98. The first-order chi connectivity index (χ1) is 14.1. The van der Waals surface area contributed by atoms with E-state index in [1.807, 2.05) is 46.0 Å². The zero-order valence-electron chi connectivity index (χ0n) is 18.4. The lowest BCUT2D eigenvalue weighted by molar-refractivity contribution is -0.165. The summed E-state index contributed by atoms with van der Waals surface area (Å²) < 4.78 is 13.9. The number of carbonyl (C=O) groups excluding carboxylic acids is 1. The number of nitrogens with zero attached hydrogens (tertiary/aromatic N) is 1. The Labute approximate surface area is 177 Å². The van der Waals surface area contributed by atoms with Crippen LogP contribution in [0.2, 0.25) is 0 Å². The van der Waals surface area contributed by atoms with Gasteiger partial charge in [0.2, 0.25) is 0 Å². The van der Waals surface area contributed by atoms with Crippen LogP contribution in [0.15, 0.2) is 35.3 Å². The SMILES string of the molecule is Cc1ccc2c(=O)ccn(CCC34CCC(NC(=O)OC(C)(C)C)(CC3)CO4)c2c1. The molecule has 30 heavy (non-hydrogen) atoms. The number of hydrogen-bond donors (Lipinski definition) is 1. The van der Waals surface area contributed by atoms with Crippen LogP contribution in [-0.2, 0) is 16.0 Å². The van der Waals surface area contributed by atoms with Crippen LogP contribution >= 0.6 is 0 Å². The van der Waals surface area contributed by atoms with Crippen LogP contribution in [0.5, 0.6) is 0 Å². The molecular formula is C24H32N2O4. The molecule has 6 nitrogen and oxygen atoms in total. The van der Waals surface area contributed by atoms with Crippen molar-refractivity contribution < 1.29 is 14.3 Å². The second kappa shape index (κ2) is 7.41. The molecule has 3 aliphatic rings. The van der Waals surface area contributed by atoms with E-state index in [0.29, 0.717) is 6.61 Å². The number of rotatable bonds is 4. The highest BCUT2D eigenvalue weighted by Gasteiger charge is 2.50. The first kappa shape index (κ1) is 20.9. The van der Waals surface area contributed by atoms with Crippen molar-refractivity contribution in [2.45, 2.75) is 83.1 Å². The molecule has 2 saturated heterocycles. The van der Waals surface area contributed by atoms with E-state index >= 15 is 0 Å². The lowest BCUT2D eigenvalue weighted by Gasteiger charge is -2.53. The van der Waals surface area contributed by atoms with Gasteiger partial charge in [-0.3, -0.25) is 4.79 Å². The minimum atomic E-state index is -0.507. The van der Waals surface area contributed by atoms with Crippen LogP contribution in [0, 0.1) is 6.92 Å². The fraction of sp³-hybridized carbons (Fsp3) is 0.583. The molecule has 1 aliphatic carbocycles. The van der Waals surface area contributed by atoms with E-state index in [2.05, 4.69) is 16.0 Å². The van der Waals surface area contributed by atoms with Gasteiger partial charge in [-0.25, -0.2) is 4.79 Å². The van der Waals surface area contributed by atoms with Crippen LogP contribution in [0.3, 0.4) is 0 Å². The highest BCUT2D eigenvalue weighted by atomic mass is 16.6. The Morgan fingerprint density at radius 2 is 1.93 bits per heavy atom. The van der Waals surface area contributed by atoms with E-state index in [9.17, 15) is 9.59 Å².